The van der Waals surface area contributed by atoms with Crippen molar-refractivity contribution >= 4 is 17.5 Å². The first kappa shape index (κ1) is 17.2. The molecule has 0 bridgehead atoms. The van der Waals surface area contributed by atoms with Crippen LogP contribution in [-0.2, 0) is 20.9 Å². The van der Waals surface area contributed by atoms with Crippen molar-refractivity contribution in [2.45, 2.75) is 40.3 Å². The van der Waals surface area contributed by atoms with Gasteiger partial charge in [0.25, 0.3) is 0 Å². The maximum Gasteiger partial charge on any atom is 0.246 e. The maximum absolute atomic E-state index is 12.1. The number of anilines is 1. The molecule has 116 valence electrons. The van der Waals surface area contributed by atoms with E-state index in [1.165, 1.54) is 0 Å². The van der Waals surface area contributed by atoms with Crippen LogP contribution in [0.1, 0.15) is 33.3 Å². The van der Waals surface area contributed by atoms with Crippen molar-refractivity contribution in [1.29, 1.82) is 0 Å². The van der Waals surface area contributed by atoms with Gasteiger partial charge in [-0.3, -0.25) is 9.59 Å². The highest BCUT2D eigenvalue weighted by Gasteiger charge is 2.25. The largest absolute Gasteiger partial charge is 0.380 e. The van der Waals surface area contributed by atoms with E-state index in [4.69, 9.17) is 4.74 Å². The average Bonchev–Trinajstić information content (AvgIpc) is 2.38. The lowest BCUT2D eigenvalue weighted by molar-refractivity contribution is -0.131. The molecule has 1 rings (SSSR count). The Kier molecular flexibility index (Phi) is 5.90. The van der Waals surface area contributed by atoms with Gasteiger partial charge in [0.05, 0.1) is 6.61 Å². The fourth-order valence-electron chi connectivity index (χ4n) is 1.63. The zero-order valence-corrected chi connectivity index (χ0v) is 13.3. The van der Waals surface area contributed by atoms with Gasteiger partial charge in [-0.1, -0.05) is 32.9 Å². The Hall–Kier alpha value is -1.88. The summed E-state index contributed by atoms with van der Waals surface area (Å²) in [6, 6.07) is 6.82. The lowest BCUT2D eigenvalue weighted by Crippen LogP contribution is -2.46. The molecule has 0 aromatic heterocycles. The number of carbonyl (C=O) groups excluding carboxylic acids is 2. The molecular weight excluding hydrogens is 268 g/mol. The molecule has 0 radical (unpaired) electrons. The van der Waals surface area contributed by atoms with Gasteiger partial charge < -0.3 is 15.4 Å². The second-order valence-electron chi connectivity index (χ2n) is 6.07. The molecule has 0 spiro atoms. The number of ether oxygens (including phenoxy) is 1. The van der Waals surface area contributed by atoms with Crippen molar-refractivity contribution in [3.05, 3.63) is 29.8 Å². The van der Waals surface area contributed by atoms with Gasteiger partial charge >= 0.3 is 0 Å². The van der Waals surface area contributed by atoms with Crippen LogP contribution in [0.15, 0.2) is 24.3 Å². The molecule has 2 N–H and O–H groups in total. The highest BCUT2D eigenvalue weighted by atomic mass is 16.5. The zero-order chi connectivity index (χ0) is 16.0. The molecule has 2 amide bonds. The first-order valence-corrected chi connectivity index (χ1v) is 6.93. The Morgan fingerprint density at radius 1 is 1.29 bits per heavy atom. The third-order valence-corrected chi connectivity index (χ3v) is 2.93. The normalized spacial score (nSPS) is 12.6. The van der Waals surface area contributed by atoms with Crippen LogP contribution in [0.4, 0.5) is 5.69 Å². The summed E-state index contributed by atoms with van der Waals surface area (Å²) in [4.78, 5) is 24.0. The van der Waals surface area contributed by atoms with Gasteiger partial charge in [-0.25, -0.2) is 0 Å². The molecule has 1 atom stereocenters. The highest BCUT2D eigenvalue weighted by Crippen LogP contribution is 2.14. The van der Waals surface area contributed by atoms with Gasteiger partial charge in [-0.05, 0) is 24.6 Å². The van der Waals surface area contributed by atoms with Crippen molar-refractivity contribution < 1.29 is 14.3 Å². The minimum absolute atomic E-state index is 0.154. The second-order valence-corrected chi connectivity index (χ2v) is 6.07. The number of hydrogen-bond acceptors (Lipinski definition) is 3. The summed E-state index contributed by atoms with van der Waals surface area (Å²) >= 11 is 0. The van der Waals surface area contributed by atoms with E-state index in [0.29, 0.717) is 12.3 Å². The molecule has 0 saturated heterocycles. The lowest BCUT2D eigenvalue weighted by Gasteiger charge is -2.21. The number of nitrogens with one attached hydrogen (secondary N) is 2. The van der Waals surface area contributed by atoms with E-state index >= 15 is 0 Å². The van der Waals surface area contributed by atoms with Crippen molar-refractivity contribution in [3.8, 4) is 0 Å². The minimum atomic E-state index is -0.595. The number of benzene rings is 1. The molecule has 0 saturated carbocycles. The molecule has 0 aliphatic heterocycles. The van der Waals surface area contributed by atoms with Crippen LogP contribution < -0.4 is 10.6 Å². The summed E-state index contributed by atoms with van der Waals surface area (Å²) in [6.45, 7) is 7.57. The van der Waals surface area contributed by atoms with Crippen LogP contribution in [0.2, 0.25) is 0 Å². The minimum Gasteiger partial charge on any atom is -0.380 e. The van der Waals surface area contributed by atoms with Crippen LogP contribution in [0.25, 0.3) is 0 Å². The number of methoxy groups -OCH3 is 1. The molecule has 1 aromatic carbocycles. The predicted molar refractivity (Wildman–Crippen MR) is 82.8 cm³/mol. The lowest BCUT2D eigenvalue weighted by atomic mass is 9.95. The fraction of sp³-hybridized carbons (Fsp3) is 0.500. The molecule has 0 aliphatic rings. The molecule has 5 nitrogen and oxygen atoms in total. The van der Waals surface area contributed by atoms with Gasteiger partial charge in [0.15, 0.2) is 0 Å². The first-order chi connectivity index (χ1) is 9.74. The Morgan fingerprint density at radius 3 is 2.52 bits per heavy atom. The van der Waals surface area contributed by atoms with E-state index in [-0.39, 0.29) is 11.8 Å². The van der Waals surface area contributed by atoms with E-state index in [2.05, 4.69) is 10.6 Å². The summed E-state index contributed by atoms with van der Waals surface area (Å²) in [5, 5.41) is 5.49. The van der Waals surface area contributed by atoms with E-state index < -0.39 is 11.5 Å². The van der Waals surface area contributed by atoms with E-state index in [1.807, 2.05) is 18.2 Å². The standard InChI is InChI=1S/C16H24N2O3/c1-11(17-15(20)16(2,3)4)14(19)18-13-8-6-7-12(9-13)10-21-5/h6-9,11H,10H2,1-5H3,(H,17,20)(H,18,19)/t11-/m1/s1. The monoisotopic (exact) mass is 292 g/mol. The van der Waals surface area contributed by atoms with Gasteiger partial charge in [-0.15, -0.1) is 0 Å². The zero-order valence-electron chi connectivity index (χ0n) is 13.3. The third-order valence-electron chi connectivity index (χ3n) is 2.93. The number of amides is 2. The SMILES string of the molecule is COCc1cccc(NC(=O)[C@@H](C)NC(=O)C(C)(C)C)c1. The van der Waals surface area contributed by atoms with Crippen LogP contribution in [0.3, 0.4) is 0 Å². The van der Waals surface area contributed by atoms with Crippen molar-refractivity contribution in [1.82, 2.24) is 5.32 Å². The van der Waals surface area contributed by atoms with Crippen molar-refractivity contribution in [2.75, 3.05) is 12.4 Å². The third kappa shape index (κ3) is 5.55. The molecule has 0 aliphatic carbocycles. The molecule has 21 heavy (non-hydrogen) atoms. The molecule has 0 unspecified atom stereocenters. The average molecular weight is 292 g/mol. The number of hydrogen-bond donors (Lipinski definition) is 2. The Balaban J connectivity index is 2.64. The van der Waals surface area contributed by atoms with Crippen LogP contribution >= 0.6 is 0 Å². The number of rotatable bonds is 5. The summed E-state index contributed by atoms with van der Waals surface area (Å²) in [6.07, 6.45) is 0. The Morgan fingerprint density at radius 2 is 1.95 bits per heavy atom. The summed E-state index contributed by atoms with van der Waals surface area (Å²) < 4.78 is 5.06. The van der Waals surface area contributed by atoms with Crippen molar-refractivity contribution in [2.24, 2.45) is 5.41 Å². The van der Waals surface area contributed by atoms with Gasteiger partial charge in [0.1, 0.15) is 6.04 Å². The topological polar surface area (TPSA) is 67.4 Å². The fourth-order valence-corrected chi connectivity index (χ4v) is 1.63. The van der Waals surface area contributed by atoms with Crippen LogP contribution in [0, 0.1) is 5.41 Å². The Bertz CT molecular complexity index is 506. The molecule has 0 heterocycles. The van der Waals surface area contributed by atoms with Gasteiger partial charge in [0, 0.05) is 18.2 Å². The van der Waals surface area contributed by atoms with E-state index in [0.717, 1.165) is 5.56 Å². The quantitative estimate of drug-likeness (QED) is 0.875. The first-order valence-electron chi connectivity index (χ1n) is 6.93. The smallest absolute Gasteiger partial charge is 0.246 e. The van der Waals surface area contributed by atoms with Crippen LogP contribution in [0.5, 0.6) is 0 Å². The predicted octanol–water partition coefficient (Wildman–Crippen LogP) is 2.32. The van der Waals surface area contributed by atoms with Gasteiger partial charge in [0.2, 0.25) is 11.8 Å². The van der Waals surface area contributed by atoms with E-state index in [9.17, 15) is 9.59 Å². The summed E-state index contributed by atoms with van der Waals surface area (Å²) in [7, 11) is 1.62. The molecular formula is C16H24N2O3. The summed E-state index contributed by atoms with van der Waals surface area (Å²) in [5.41, 5.74) is 1.14. The second kappa shape index (κ2) is 7.22. The van der Waals surface area contributed by atoms with Crippen LogP contribution in [-0.4, -0.2) is 25.0 Å². The van der Waals surface area contributed by atoms with E-state index in [1.54, 1.807) is 40.9 Å². The molecule has 1 aromatic rings. The summed E-state index contributed by atoms with van der Waals surface area (Å²) in [5.74, 6) is -0.402. The molecule has 5 heteroatoms. The molecule has 0 fully saturated rings. The Labute approximate surface area is 126 Å². The van der Waals surface area contributed by atoms with Crippen molar-refractivity contribution in [3.63, 3.8) is 0 Å². The maximum atomic E-state index is 12.1. The highest BCUT2D eigenvalue weighted by molar-refractivity contribution is 5.97. The number of carbonyl (C=O) groups is 2. The van der Waals surface area contributed by atoms with Gasteiger partial charge in [-0.2, -0.15) is 0 Å².